The highest BCUT2D eigenvalue weighted by Crippen LogP contribution is 2.29. The SMILES string of the molecule is CCCN(CC(F)(F)F)C(CC)c1ccc(O)cc1. The van der Waals surface area contributed by atoms with E-state index in [0.717, 1.165) is 5.56 Å². The van der Waals surface area contributed by atoms with Crippen LogP contribution in [0, 0.1) is 0 Å². The van der Waals surface area contributed by atoms with Crippen molar-refractivity contribution in [1.82, 2.24) is 4.90 Å². The molecule has 0 amide bonds. The van der Waals surface area contributed by atoms with Crippen LogP contribution in [0.15, 0.2) is 24.3 Å². The van der Waals surface area contributed by atoms with Crippen molar-refractivity contribution in [3.05, 3.63) is 29.8 Å². The Morgan fingerprint density at radius 1 is 1.16 bits per heavy atom. The van der Waals surface area contributed by atoms with E-state index in [4.69, 9.17) is 0 Å². The van der Waals surface area contributed by atoms with Crippen LogP contribution in [0.2, 0.25) is 0 Å². The molecule has 1 atom stereocenters. The minimum Gasteiger partial charge on any atom is -0.508 e. The molecule has 0 aliphatic rings. The first-order valence-corrected chi connectivity index (χ1v) is 6.47. The van der Waals surface area contributed by atoms with E-state index in [1.165, 1.54) is 17.0 Å². The molecule has 1 N–H and O–H groups in total. The number of hydrogen-bond donors (Lipinski definition) is 1. The lowest BCUT2D eigenvalue weighted by molar-refractivity contribution is -0.151. The van der Waals surface area contributed by atoms with Gasteiger partial charge in [0.1, 0.15) is 5.75 Å². The molecule has 0 spiro atoms. The van der Waals surface area contributed by atoms with Crippen LogP contribution in [0.5, 0.6) is 5.75 Å². The van der Waals surface area contributed by atoms with E-state index in [-0.39, 0.29) is 11.8 Å². The first-order valence-electron chi connectivity index (χ1n) is 6.47. The van der Waals surface area contributed by atoms with Crippen LogP contribution >= 0.6 is 0 Å². The summed E-state index contributed by atoms with van der Waals surface area (Å²) < 4.78 is 37.9. The minimum absolute atomic E-state index is 0.122. The first-order chi connectivity index (χ1) is 8.87. The largest absolute Gasteiger partial charge is 0.508 e. The fraction of sp³-hybridized carbons (Fsp3) is 0.571. The maximum atomic E-state index is 12.6. The zero-order valence-corrected chi connectivity index (χ0v) is 11.2. The van der Waals surface area contributed by atoms with Crippen LogP contribution in [-0.4, -0.2) is 29.3 Å². The van der Waals surface area contributed by atoms with Gasteiger partial charge in [-0.05, 0) is 37.1 Å². The average Bonchev–Trinajstić information content (AvgIpc) is 2.31. The zero-order valence-electron chi connectivity index (χ0n) is 11.2. The van der Waals surface area contributed by atoms with Gasteiger partial charge in [-0.15, -0.1) is 0 Å². The molecule has 1 aromatic carbocycles. The molecule has 0 heterocycles. The van der Waals surface area contributed by atoms with E-state index in [0.29, 0.717) is 19.4 Å². The van der Waals surface area contributed by atoms with Gasteiger partial charge in [0.2, 0.25) is 0 Å². The number of hydrogen-bond acceptors (Lipinski definition) is 2. The molecule has 0 radical (unpaired) electrons. The van der Waals surface area contributed by atoms with Gasteiger partial charge in [0.05, 0.1) is 6.54 Å². The smallest absolute Gasteiger partial charge is 0.401 e. The number of phenols is 1. The molecule has 0 aromatic heterocycles. The Labute approximate surface area is 111 Å². The van der Waals surface area contributed by atoms with Crippen molar-refractivity contribution in [2.75, 3.05) is 13.1 Å². The summed E-state index contributed by atoms with van der Waals surface area (Å²) in [6.45, 7) is 3.24. The number of aromatic hydroxyl groups is 1. The summed E-state index contributed by atoms with van der Waals surface area (Å²) in [6, 6.07) is 6.11. The molecule has 0 saturated carbocycles. The van der Waals surface area contributed by atoms with Gasteiger partial charge < -0.3 is 5.11 Å². The number of halogens is 3. The van der Waals surface area contributed by atoms with Crippen molar-refractivity contribution in [3.63, 3.8) is 0 Å². The molecule has 0 aliphatic carbocycles. The van der Waals surface area contributed by atoms with Crippen molar-refractivity contribution < 1.29 is 18.3 Å². The number of phenolic OH excluding ortho intramolecular Hbond substituents is 1. The third kappa shape index (κ3) is 5.11. The molecule has 0 saturated heterocycles. The summed E-state index contributed by atoms with van der Waals surface area (Å²) in [7, 11) is 0. The third-order valence-corrected chi connectivity index (χ3v) is 3.00. The van der Waals surface area contributed by atoms with Gasteiger partial charge in [-0.2, -0.15) is 13.2 Å². The summed E-state index contributed by atoms with van der Waals surface area (Å²) >= 11 is 0. The van der Waals surface area contributed by atoms with Gasteiger partial charge in [0, 0.05) is 6.04 Å². The van der Waals surface area contributed by atoms with Gasteiger partial charge >= 0.3 is 6.18 Å². The Morgan fingerprint density at radius 2 is 1.74 bits per heavy atom. The van der Waals surface area contributed by atoms with Gasteiger partial charge in [0.25, 0.3) is 0 Å². The Balaban J connectivity index is 2.92. The molecule has 1 rings (SSSR count). The van der Waals surface area contributed by atoms with Crippen LogP contribution in [-0.2, 0) is 0 Å². The summed E-state index contributed by atoms with van der Waals surface area (Å²) in [5.41, 5.74) is 0.804. The number of benzene rings is 1. The second-order valence-corrected chi connectivity index (χ2v) is 4.60. The lowest BCUT2D eigenvalue weighted by atomic mass is 10.0. The van der Waals surface area contributed by atoms with E-state index in [9.17, 15) is 18.3 Å². The molecule has 2 nitrogen and oxygen atoms in total. The third-order valence-electron chi connectivity index (χ3n) is 3.00. The normalized spacial score (nSPS) is 13.8. The van der Waals surface area contributed by atoms with E-state index in [1.54, 1.807) is 12.1 Å². The second-order valence-electron chi connectivity index (χ2n) is 4.60. The number of nitrogens with zero attached hydrogens (tertiary/aromatic N) is 1. The highest BCUT2D eigenvalue weighted by molar-refractivity contribution is 5.28. The highest BCUT2D eigenvalue weighted by atomic mass is 19.4. The number of alkyl halides is 3. The maximum absolute atomic E-state index is 12.6. The van der Waals surface area contributed by atoms with Crippen molar-refractivity contribution in [3.8, 4) is 5.75 Å². The fourth-order valence-electron chi connectivity index (χ4n) is 2.26. The Bertz CT molecular complexity index is 375. The molecule has 5 heteroatoms. The van der Waals surface area contributed by atoms with Crippen LogP contribution in [0.25, 0.3) is 0 Å². The standard InChI is InChI=1S/C14H20F3NO/c1-3-9-18(10-14(15,16)17)13(4-2)11-5-7-12(19)8-6-11/h5-8,13,19H,3-4,9-10H2,1-2H3. The summed E-state index contributed by atoms with van der Waals surface area (Å²) in [4.78, 5) is 1.45. The van der Waals surface area contributed by atoms with Crippen molar-refractivity contribution >= 4 is 0 Å². The summed E-state index contributed by atoms with van der Waals surface area (Å²) in [6.07, 6.45) is -2.93. The van der Waals surface area contributed by atoms with Gasteiger partial charge in [-0.25, -0.2) is 0 Å². The van der Waals surface area contributed by atoms with E-state index in [2.05, 4.69) is 0 Å². The van der Waals surface area contributed by atoms with Crippen molar-refractivity contribution in [1.29, 1.82) is 0 Å². The monoisotopic (exact) mass is 275 g/mol. The van der Waals surface area contributed by atoms with E-state index < -0.39 is 12.7 Å². The Kier molecular flexibility index (Phi) is 5.66. The van der Waals surface area contributed by atoms with Crippen LogP contribution < -0.4 is 0 Å². The molecule has 108 valence electrons. The molecule has 1 unspecified atom stereocenters. The lowest BCUT2D eigenvalue weighted by Crippen LogP contribution is -2.37. The summed E-state index contributed by atoms with van der Waals surface area (Å²) in [5.74, 6) is 0.122. The first kappa shape index (κ1) is 15.8. The molecule has 0 bridgehead atoms. The summed E-state index contributed by atoms with van der Waals surface area (Å²) in [5, 5.41) is 9.25. The van der Waals surface area contributed by atoms with Crippen molar-refractivity contribution in [2.24, 2.45) is 0 Å². The molecule has 1 aromatic rings. The topological polar surface area (TPSA) is 23.5 Å². The molecule has 0 aliphatic heterocycles. The minimum atomic E-state index is -4.19. The lowest BCUT2D eigenvalue weighted by Gasteiger charge is -2.31. The number of rotatable bonds is 6. The second kappa shape index (κ2) is 6.80. The van der Waals surface area contributed by atoms with Gasteiger partial charge in [0.15, 0.2) is 0 Å². The fourth-order valence-corrected chi connectivity index (χ4v) is 2.26. The van der Waals surface area contributed by atoms with Gasteiger partial charge in [-0.3, -0.25) is 4.90 Å². The van der Waals surface area contributed by atoms with Crippen LogP contribution in [0.1, 0.15) is 38.3 Å². The van der Waals surface area contributed by atoms with E-state index in [1.807, 2.05) is 13.8 Å². The maximum Gasteiger partial charge on any atom is 0.401 e. The molecular weight excluding hydrogens is 255 g/mol. The van der Waals surface area contributed by atoms with Crippen molar-refractivity contribution in [2.45, 2.75) is 38.9 Å². The van der Waals surface area contributed by atoms with E-state index >= 15 is 0 Å². The quantitative estimate of drug-likeness (QED) is 0.844. The molecule has 19 heavy (non-hydrogen) atoms. The predicted octanol–water partition coefficient (Wildman–Crippen LogP) is 4.12. The van der Waals surface area contributed by atoms with Crippen LogP contribution in [0.4, 0.5) is 13.2 Å². The molecular formula is C14H20F3NO. The zero-order chi connectivity index (χ0) is 14.5. The Hall–Kier alpha value is -1.23. The highest BCUT2D eigenvalue weighted by Gasteiger charge is 2.33. The average molecular weight is 275 g/mol. The van der Waals surface area contributed by atoms with Gasteiger partial charge in [-0.1, -0.05) is 26.0 Å². The molecule has 0 fully saturated rings. The van der Waals surface area contributed by atoms with Crippen LogP contribution in [0.3, 0.4) is 0 Å². The Morgan fingerprint density at radius 3 is 2.16 bits per heavy atom. The predicted molar refractivity (Wildman–Crippen MR) is 69.1 cm³/mol.